The van der Waals surface area contributed by atoms with Crippen LogP contribution in [0.1, 0.15) is 84.6 Å². The first-order valence-corrected chi connectivity index (χ1v) is 13.9. The molecule has 0 N–H and O–H groups in total. The number of hydrogen-bond donors (Lipinski definition) is 0. The van der Waals surface area contributed by atoms with E-state index in [0.717, 1.165) is 57.8 Å². The average molecular weight is 460 g/mol. The lowest BCUT2D eigenvalue weighted by atomic mass is 10.0. The maximum Gasteiger partial charge on any atom is 0.0478 e. The molecule has 1 aromatic carbocycles. The van der Waals surface area contributed by atoms with E-state index in [1.54, 1.807) is 0 Å². The van der Waals surface area contributed by atoms with Crippen molar-refractivity contribution in [3.05, 3.63) is 29.8 Å². The SMILES string of the molecule is CCCC(C)CCCOCCCN(C)Cc1ccc(N2CCN(C(CC)CCC)CC2)cc1. The molecule has 0 aliphatic carbocycles. The molecule has 2 unspecified atom stereocenters. The van der Waals surface area contributed by atoms with Crippen molar-refractivity contribution in [2.75, 3.05) is 57.9 Å². The number of anilines is 1. The summed E-state index contributed by atoms with van der Waals surface area (Å²) in [5.74, 6) is 0.847. The number of benzene rings is 1. The lowest BCUT2D eigenvalue weighted by Gasteiger charge is -2.40. The average Bonchev–Trinajstić information content (AvgIpc) is 2.83. The largest absolute Gasteiger partial charge is 0.381 e. The Hall–Kier alpha value is -1.10. The lowest BCUT2D eigenvalue weighted by Crippen LogP contribution is -2.50. The Labute approximate surface area is 205 Å². The van der Waals surface area contributed by atoms with Crippen molar-refractivity contribution < 1.29 is 4.74 Å². The molecular formula is C29H53N3O. The highest BCUT2D eigenvalue weighted by Crippen LogP contribution is 2.20. The molecular weight excluding hydrogens is 406 g/mol. The molecule has 33 heavy (non-hydrogen) atoms. The van der Waals surface area contributed by atoms with Crippen molar-refractivity contribution in [3.63, 3.8) is 0 Å². The summed E-state index contributed by atoms with van der Waals surface area (Å²) in [6, 6.07) is 10.1. The third-order valence-electron chi connectivity index (χ3n) is 7.27. The van der Waals surface area contributed by atoms with Gasteiger partial charge in [-0.05, 0) is 62.8 Å². The van der Waals surface area contributed by atoms with Crippen LogP contribution in [0.3, 0.4) is 0 Å². The molecule has 0 spiro atoms. The van der Waals surface area contributed by atoms with Crippen LogP contribution in [-0.4, -0.2) is 68.8 Å². The predicted octanol–water partition coefficient (Wildman–Crippen LogP) is 6.44. The van der Waals surface area contributed by atoms with Crippen LogP contribution in [0.15, 0.2) is 24.3 Å². The molecule has 1 aromatic rings. The van der Waals surface area contributed by atoms with E-state index in [0.29, 0.717) is 0 Å². The van der Waals surface area contributed by atoms with Crippen molar-refractivity contribution in [2.24, 2.45) is 5.92 Å². The van der Waals surface area contributed by atoms with Crippen LogP contribution in [0, 0.1) is 5.92 Å². The van der Waals surface area contributed by atoms with E-state index in [9.17, 15) is 0 Å². The van der Waals surface area contributed by atoms with E-state index < -0.39 is 0 Å². The van der Waals surface area contributed by atoms with Gasteiger partial charge in [-0.15, -0.1) is 0 Å². The molecule has 0 radical (unpaired) electrons. The highest BCUT2D eigenvalue weighted by atomic mass is 16.5. The van der Waals surface area contributed by atoms with Crippen molar-refractivity contribution in [2.45, 2.75) is 91.6 Å². The maximum absolute atomic E-state index is 5.85. The summed E-state index contributed by atoms with van der Waals surface area (Å²) in [5, 5.41) is 0. The first-order chi connectivity index (χ1) is 16.1. The Balaban J connectivity index is 1.61. The highest BCUT2D eigenvalue weighted by molar-refractivity contribution is 5.48. The molecule has 0 amide bonds. The smallest absolute Gasteiger partial charge is 0.0478 e. The van der Waals surface area contributed by atoms with Gasteiger partial charge in [0.2, 0.25) is 0 Å². The van der Waals surface area contributed by atoms with Crippen LogP contribution in [0.2, 0.25) is 0 Å². The summed E-state index contributed by atoms with van der Waals surface area (Å²) in [6.07, 6.45) is 10.2. The quantitative estimate of drug-likeness (QED) is 0.249. The highest BCUT2D eigenvalue weighted by Gasteiger charge is 2.22. The first kappa shape index (κ1) is 28.1. The molecule has 1 fully saturated rings. The van der Waals surface area contributed by atoms with Gasteiger partial charge < -0.3 is 14.5 Å². The van der Waals surface area contributed by atoms with E-state index in [4.69, 9.17) is 4.74 Å². The Morgan fingerprint density at radius 2 is 1.55 bits per heavy atom. The summed E-state index contributed by atoms with van der Waals surface area (Å²) in [7, 11) is 2.22. The van der Waals surface area contributed by atoms with Crippen molar-refractivity contribution in [3.8, 4) is 0 Å². The van der Waals surface area contributed by atoms with Crippen molar-refractivity contribution in [1.82, 2.24) is 9.80 Å². The van der Waals surface area contributed by atoms with Gasteiger partial charge in [-0.2, -0.15) is 0 Å². The normalized spacial score (nSPS) is 17.0. The molecule has 1 saturated heterocycles. The Kier molecular flexibility index (Phi) is 14.1. The molecule has 0 saturated carbocycles. The Morgan fingerprint density at radius 1 is 0.879 bits per heavy atom. The molecule has 1 heterocycles. The van der Waals surface area contributed by atoms with Crippen molar-refractivity contribution in [1.29, 1.82) is 0 Å². The van der Waals surface area contributed by atoms with E-state index in [1.807, 2.05) is 0 Å². The first-order valence-electron chi connectivity index (χ1n) is 13.9. The maximum atomic E-state index is 5.85. The van der Waals surface area contributed by atoms with Crippen LogP contribution >= 0.6 is 0 Å². The molecule has 1 aliphatic rings. The monoisotopic (exact) mass is 459 g/mol. The second-order valence-corrected chi connectivity index (χ2v) is 10.3. The Morgan fingerprint density at radius 3 is 2.18 bits per heavy atom. The predicted molar refractivity (Wildman–Crippen MR) is 144 cm³/mol. The van der Waals surface area contributed by atoms with Gasteiger partial charge in [0, 0.05) is 64.2 Å². The summed E-state index contributed by atoms with van der Waals surface area (Å²) in [5.41, 5.74) is 2.78. The molecule has 190 valence electrons. The van der Waals surface area contributed by atoms with Crippen LogP contribution in [-0.2, 0) is 11.3 Å². The number of rotatable bonds is 17. The van der Waals surface area contributed by atoms with E-state index in [1.165, 1.54) is 69.3 Å². The van der Waals surface area contributed by atoms with Crippen molar-refractivity contribution >= 4 is 5.69 Å². The topological polar surface area (TPSA) is 19.0 Å². The third kappa shape index (κ3) is 10.8. The number of nitrogens with zero attached hydrogens (tertiary/aromatic N) is 3. The number of ether oxygens (including phenoxy) is 1. The van der Waals surface area contributed by atoms with Crippen LogP contribution < -0.4 is 4.90 Å². The summed E-state index contributed by atoms with van der Waals surface area (Å²) >= 11 is 0. The van der Waals surface area contributed by atoms with Gasteiger partial charge in [0.15, 0.2) is 0 Å². The summed E-state index contributed by atoms with van der Waals surface area (Å²) in [6.45, 7) is 17.9. The minimum Gasteiger partial charge on any atom is -0.381 e. The van der Waals surface area contributed by atoms with Gasteiger partial charge in [-0.1, -0.05) is 59.1 Å². The fourth-order valence-corrected chi connectivity index (χ4v) is 5.24. The van der Waals surface area contributed by atoms with E-state index in [-0.39, 0.29) is 0 Å². The van der Waals surface area contributed by atoms with Crippen LogP contribution in [0.25, 0.3) is 0 Å². The Bertz CT molecular complexity index is 597. The zero-order valence-corrected chi connectivity index (χ0v) is 22.5. The van der Waals surface area contributed by atoms with Gasteiger partial charge >= 0.3 is 0 Å². The zero-order chi connectivity index (χ0) is 23.9. The van der Waals surface area contributed by atoms with Gasteiger partial charge in [0.05, 0.1) is 0 Å². The number of hydrogen-bond acceptors (Lipinski definition) is 4. The fourth-order valence-electron chi connectivity index (χ4n) is 5.24. The molecule has 4 heteroatoms. The molecule has 2 atom stereocenters. The van der Waals surface area contributed by atoms with Crippen LogP contribution in [0.4, 0.5) is 5.69 Å². The van der Waals surface area contributed by atoms with Gasteiger partial charge in [0.1, 0.15) is 0 Å². The van der Waals surface area contributed by atoms with Gasteiger partial charge in [0.25, 0.3) is 0 Å². The van der Waals surface area contributed by atoms with Gasteiger partial charge in [-0.3, -0.25) is 4.90 Å². The van der Waals surface area contributed by atoms with Crippen LogP contribution in [0.5, 0.6) is 0 Å². The van der Waals surface area contributed by atoms with Gasteiger partial charge in [-0.25, -0.2) is 0 Å². The fraction of sp³-hybridized carbons (Fsp3) is 0.793. The second-order valence-electron chi connectivity index (χ2n) is 10.3. The molecule has 0 aromatic heterocycles. The molecule has 2 rings (SSSR count). The minimum atomic E-state index is 0.773. The molecule has 4 nitrogen and oxygen atoms in total. The molecule has 1 aliphatic heterocycles. The minimum absolute atomic E-state index is 0.773. The molecule has 0 bridgehead atoms. The summed E-state index contributed by atoms with van der Waals surface area (Å²) < 4.78 is 5.85. The summed E-state index contributed by atoms with van der Waals surface area (Å²) in [4.78, 5) is 7.68. The second kappa shape index (κ2) is 16.5. The van der Waals surface area contributed by atoms with E-state index >= 15 is 0 Å². The van der Waals surface area contributed by atoms with E-state index in [2.05, 4.69) is 73.7 Å². The zero-order valence-electron chi connectivity index (χ0n) is 22.5. The standard InChI is InChI=1S/C29H53N3O/c1-6-11-26(4)13-9-23-33-24-10-18-30(5)25-27-14-16-29(17-15-27)32-21-19-31(20-22-32)28(8-3)12-7-2/h14-17,26,28H,6-13,18-25H2,1-5H3. The lowest BCUT2D eigenvalue weighted by molar-refractivity contribution is 0.116. The third-order valence-corrected chi connectivity index (χ3v) is 7.27. The number of piperazine rings is 1.